The van der Waals surface area contributed by atoms with Gasteiger partial charge in [0.2, 0.25) is 17.7 Å². The smallest absolute Gasteiger partial charge is 0.326 e. The monoisotopic (exact) mass is 537 g/mol. The highest BCUT2D eigenvalue weighted by Gasteiger charge is 2.29. The van der Waals surface area contributed by atoms with Gasteiger partial charge >= 0.3 is 11.9 Å². The van der Waals surface area contributed by atoms with Gasteiger partial charge in [0.05, 0.1) is 6.04 Å². The third-order valence-electron chi connectivity index (χ3n) is 5.32. The zero-order chi connectivity index (χ0) is 28.8. The number of guanidine groups is 1. The van der Waals surface area contributed by atoms with Crippen LogP contribution in [0.2, 0.25) is 0 Å². The summed E-state index contributed by atoms with van der Waals surface area (Å²) >= 11 is 0. The van der Waals surface area contributed by atoms with Crippen LogP contribution in [0.4, 0.5) is 0 Å². The SMILES string of the molecule is CC(NC(=O)C(N)Cc1ccc(O)cc1)C(=O)NC(CCC(=O)O)C(=O)NC(CCCN=C(N)N)C(=O)O. The number of hydrogen-bond donors (Lipinski definition) is 9. The zero-order valence-corrected chi connectivity index (χ0v) is 20.9. The van der Waals surface area contributed by atoms with Crippen molar-refractivity contribution in [1.29, 1.82) is 0 Å². The van der Waals surface area contributed by atoms with Crippen molar-refractivity contribution in [2.75, 3.05) is 6.54 Å². The summed E-state index contributed by atoms with van der Waals surface area (Å²) in [6.07, 6.45) is -0.478. The molecule has 3 amide bonds. The van der Waals surface area contributed by atoms with Crippen molar-refractivity contribution in [2.24, 2.45) is 22.2 Å². The minimum Gasteiger partial charge on any atom is -0.508 e. The van der Waals surface area contributed by atoms with E-state index in [9.17, 15) is 34.2 Å². The molecule has 15 nitrogen and oxygen atoms in total. The van der Waals surface area contributed by atoms with E-state index >= 15 is 0 Å². The molecule has 0 radical (unpaired) electrons. The van der Waals surface area contributed by atoms with Crippen LogP contribution < -0.4 is 33.2 Å². The lowest BCUT2D eigenvalue weighted by Crippen LogP contribution is -2.56. The Kier molecular flexibility index (Phi) is 13.0. The lowest BCUT2D eigenvalue weighted by atomic mass is 10.1. The number of carboxylic acids is 2. The molecular weight excluding hydrogens is 502 g/mol. The van der Waals surface area contributed by atoms with Crippen molar-refractivity contribution in [1.82, 2.24) is 16.0 Å². The fraction of sp³-hybridized carbons (Fsp3) is 0.478. The number of nitrogens with two attached hydrogens (primary N) is 3. The molecule has 0 aliphatic rings. The third kappa shape index (κ3) is 12.0. The van der Waals surface area contributed by atoms with Crippen LogP contribution in [0.3, 0.4) is 0 Å². The number of nitrogens with one attached hydrogen (secondary N) is 3. The second kappa shape index (κ2) is 15.7. The largest absolute Gasteiger partial charge is 0.508 e. The van der Waals surface area contributed by atoms with E-state index in [4.69, 9.17) is 22.3 Å². The minimum atomic E-state index is -1.39. The lowest BCUT2D eigenvalue weighted by Gasteiger charge is -2.23. The van der Waals surface area contributed by atoms with Gasteiger partial charge in [-0.25, -0.2) is 4.79 Å². The number of carbonyl (C=O) groups excluding carboxylic acids is 3. The maximum Gasteiger partial charge on any atom is 0.326 e. The first-order chi connectivity index (χ1) is 17.8. The van der Waals surface area contributed by atoms with Gasteiger partial charge in [0.1, 0.15) is 23.9 Å². The average molecular weight is 538 g/mol. The highest BCUT2D eigenvalue weighted by Crippen LogP contribution is 2.11. The van der Waals surface area contributed by atoms with E-state index in [0.29, 0.717) is 5.56 Å². The number of phenolic OH excluding ortho intramolecular Hbond substituents is 1. The maximum absolute atomic E-state index is 12.8. The molecule has 0 aliphatic carbocycles. The average Bonchev–Trinajstić information content (AvgIpc) is 2.84. The maximum atomic E-state index is 12.8. The molecule has 4 unspecified atom stereocenters. The van der Waals surface area contributed by atoms with Crippen molar-refractivity contribution in [3.05, 3.63) is 29.8 Å². The molecular formula is C23H35N7O8. The van der Waals surface area contributed by atoms with Gasteiger partial charge in [0.25, 0.3) is 0 Å². The van der Waals surface area contributed by atoms with Crippen molar-refractivity contribution in [2.45, 2.75) is 63.2 Å². The molecule has 1 rings (SSSR count). The number of rotatable bonds is 16. The fourth-order valence-corrected chi connectivity index (χ4v) is 3.23. The summed E-state index contributed by atoms with van der Waals surface area (Å²) in [5.74, 6) is -5.05. The van der Waals surface area contributed by atoms with Crippen LogP contribution in [0, 0.1) is 0 Å². The Labute approximate surface area is 218 Å². The standard InChI is InChI=1S/C23H35N7O8/c1-12(28-20(35)15(24)11-13-4-6-14(31)7-5-13)19(34)29-16(8-9-18(32)33)21(36)30-17(22(37)38)3-2-10-27-23(25)26/h4-7,12,15-17,31H,2-3,8-11,24H2,1H3,(H,28,35)(H,29,34)(H,30,36)(H,32,33)(H,37,38)(H4,25,26,27). The van der Waals surface area contributed by atoms with Crippen molar-refractivity contribution >= 4 is 35.6 Å². The summed E-state index contributed by atoms with van der Waals surface area (Å²) in [5.41, 5.74) is 17.0. The van der Waals surface area contributed by atoms with Gasteiger partial charge in [-0.15, -0.1) is 0 Å². The number of benzene rings is 1. The van der Waals surface area contributed by atoms with Gasteiger partial charge in [-0.05, 0) is 50.3 Å². The number of carboxylic acid groups (broad SMARTS) is 2. The van der Waals surface area contributed by atoms with Gasteiger partial charge in [0, 0.05) is 13.0 Å². The quantitative estimate of drug-likeness (QED) is 0.0616. The highest BCUT2D eigenvalue weighted by atomic mass is 16.4. The Hall–Kier alpha value is -4.40. The first-order valence-electron chi connectivity index (χ1n) is 11.7. The Morgan fingerprint density at radius 2 is 1.50 bits per heavy atom. The number of amides is 3. The molecule has 15 heteroatoms. The molecule has 0 bridgehead atoms. The van der Waals surface area contributed by atoms with Crippen LogP contribution in [0.15, 0.2) is 29.3 Å². The molecule has 0 saturated carbocycles. The number of hydrogen-bond acceptors (Lipinski definition) is 8. The zero-order valence-electron chi connectivity index (χ0n) is 20.9. The molecule has 4 atom stereocenters. The number of nitrogens with zero attached hydrogens (tertiary/aromatic N) is 1. The number of phenols is 1. The van der Waals surface area contributed by atoms with E-state index < -0.39 is 60.2 Å². The molecule has 0 aliphatic heterocycles. The van der Waals surface area contributed by atoms with Crippen LogP contribution in [0.5, 0.6) is 5.75 Å². The second-order valence-corrected chi connectivity index (χ2v) is 8.55. The molecule has 0 saturated heterocycles. The Bertz CT molecular complexity index is 1010. The summed E-state index contributed by atoms with van der Waals surface area (Å²) < 4.78 is 0. The third-order valence-corrected chi connectivity index (χ3v) is 5.32. The summed E-state index contributed by atoms with van der Waals surface area (Å²) in [6.45, 7) is 1.48. The first-order valence-corrected chi connectivity index (χ1v) is 11.7. The number of aromatic hydroxyl groups is 1. The predicted octanol–water partition coefficient (Wildman–Crippen LogP) is -2.26. The van der Waals surface area contributed by atoms with Gasteiger partial charge in [-0.2, -0.15) is 0 Å². The molecule has 210 valence electrons. The van der Waals surface area contributed by atoms with Crippen molar-refractivity contribution in [3.63, 3.8) is 0 Å². The van der Waals surface area contributed by atoms with E-state index in [-0.39, 0.29) is 43.9 Å². The van der Waals surface area contributed by atoms with Crippen LogP contribution in [-0.2, 0) is 30.4 Å². The van der Waals surface area contributed by atoms with Gasteiger partial charge in [-0.3, -0.25) is 24.2 Å². The molecule has 0 heterocycles. The lowest BCUT2D eigenvalue weighted by molar-refractivity contribution is -0.143. The Morgan fingerprint density at radius 1 is 0.895 bits per heavy atom. The Balaban J connectivity index is 2.78. The predicted molar refractivity (Wildman–Crippen MR) is 136 cm³/mol. The second-order valence-electron chi connectivity index (χ2n) is 8.55. The van der Waals surface area contributed by atoms with E-state index in [1.165, 1.54) is 19.1 Å². The van der Waals surface area contributed by atoms with E-state index in [2.05, 4.69) is 20.9 Å². The van der Waals surface area contributed by atoms with E-state index in [1.54, 1.807) is 12.1 Å². The molecule has 12 N–H and O–H groups in total. The Morgan fingerprint density at radius 3 is 2.05 bits per heavy atom. The van der Waals surface area contributed by atoms with E-state index in [1.807, 2.05) is 0 Å². The van der Waals surface area contributed by atoms with Crippen LogP contribution in [-0.4, -0.2) is 81.7 Å². The highest BCUT2D eigenvalue weighted by molar-refractivity contribution is 5.94. The van der Waals surface area contributed by atoms with Crippen LogP contribution in [0.25, 0.3) is 0 Å². The minimum absolute atomic E-state index is 0.0250. The van der Waals surface area contributed by atoms with Crippen LogP contribution in [0.1, 0.15) is 38.2 Å². The fourth-order valence-electron chi connectivity index (χ4n) is 3.23. The van der Waals surface area contributed by atoms with Gasteiger partial charge < -0.3 is 48.5 Å². The summed E-state index contributed by atoms with van der Waals surface area (Å²) in [4.78, 5) is 64.2. The molecule has 0 spiro atoms. The molecule has 1 aromatic carbocycles. The van der Waals surface area contributed by atoms with E-state index in [0.717, 1.165) is 0 Å². The van der Waals surface area contributed by atoms with Crippen LogP contribution >= 0.6 is 0 Å². The molecule has 0 aromatic heterocycles. The summed E-state index contributed by atoms with van der Waals surface area (Å²) in [5, 5.41) is 34.8. The normalized spacial score (nSPS) is 13.7. The number of aliphatic carboxylic acids is 2. The topological polar surface area (TPSA) is 273 Å². The number of aliphatic imine (C=N–C) groups is 1. The van der Waals surface area contributed by atoms with Gasteiger partial charge in [0.15, 0.2) is 5.96 Å². The molecule has 1 aromatic rings. The molecule has 0 fully saturated rings. The first kappa shape index (κ1) is 31.6. The van der Waals surface area contributed by atoms with Crippen molar-refractivity contribution < 1.29 is 39.3 Å². The molecule has 38 heavy (non-hydrogen) atoms. The van der Waals surface area contributed by atoms with Gasteiger partial charge in [-0.1, -0.05) is 12.1 Å². The van der Waals surface area contributed by atoms with Crippen molar-refractivity contribution in [3.8, 4) is 5.75 Å². The summed E-state index contributed by atoms with van der Waals surface area (Å²) in [7, 11) is 0. The number of carbonyl (C=O) groups is 5. The summed E-state index contributed by atoms with van der Waals surface area (Å²) in [6, 6.07) is 1.18.